The molecule has 1 atom stereocenters. The minimum Gasteiger partial charge on any atom is -0.350 e. The molecule has 1 aliphatic heterocycles. The third-order valence-electron chi connectivity index (χ3n) is 3.95. The molecule has 1 saturated heterocycles. The maximum atomic E-state index is 12.2. The summed E-state index contributed by atoms with van der Waals surface area (Å²) in [4.78, 5) is 25.8. The number of likely N-dealkylation sites (tertiary alicyclic amines) is 1. The molecule has 1 aromatic rings. The van der Waals surface area contributed by atoms with E-state index in [4.69, 9.17) is 0 Å². The monoisotopic (exact) mass is 353 g/mol. The summed E-state index contributed by atoms with van der Waals surface area (Å²) in [6.07, 6.45) is 1.48. The van der Waals surface area contributed by atoms with Gasteiger partial charge in [-0.3, -0.25) is 9.59 Å². The molecule has 132 valence electrons. The van der Waals surface area contributed by atoms with Gasteiger partial charge in [0.25, 0.3) is 5.91 Å². The standard InChI is InChI=1S/C16H23N3O4S/c1-11-4-5-13(12(2)10-11)15(20)17-7-9-19-8-6-14(16(19)21)18-24(3,22)23/h4-5,10,14,18H,6-9H2,1-3H3,(H,17,20). The normalized spacial score (nSPS) is 18.0. The van der Waals surface area contributed by atoms with Crippen LogP contribution in [0.25, 0.3) is 0 Å². The molecule has 7 nitrogen and oxygen atoms in total. The van der Waals surface area contributed by atoms with Crippen molar-refractivity contribution in [2.45, 2.75) is 26.3 Å². The molecular formula is C16H23N3O4S. The van der Waals surface area contributed by atoms with E-state index in [2.05, 4.69) is 10.0 Å². The van der Waals surface area contributed by atoms with Crippen LogP contribution in [0, 0.1) is 13.8 Å². The summed E-state index contributed by atoms with van der Waals surface area (Å²) < 4.78 is 24.8. The van der Waals surface area contributed by atoms with Crippen LogP contribution in [0.3, 0.4) is 0 Å². The van der Waals surface area contributed by atoms with Crippen molar-refractivity contribution in [3.05, 3.63) is 34.9 Å². The minimum atomic E-state index is -3.41. The van der Waals surface area contributed by atoms with E-state index in [0.29, 0.717) is 31.6 Å². The number of carbonyl (C=O) groups excluding carboxylic acids is 2. The summed E-state index contributed by atoms with van der Waals surface area (Å²) >= 11 is 0. The fourth-order valence-corrected chi connectivity index (χ4v) is 3.53. The van der Waals surface area contributed by atoms with Crippen LogP contribution in [-0.2, 0) is 14.8 Å². The molecule has 0 spiro atoms. The maximum Gasteiger partial charge on any atom is 0.251 e. The first-order valence-electron chi connectivity index (χ1n) is 7.79. The van der Waals surface area contributed by atoms with Gasteiger partial charge in [0.1, 0.15) is 6.04 Å². The summed E-state index contributed by atoms with van der Waals surface area (Å²) in [5.74, 6) is -0.425. The van der Waals surface area contributed by atoms with Crippen LogP contribution in [-0.4, -0.2) is 57.1 Å². The lowest BCUT2D eigenvalue weighted by molar-refractivity contribution is -0.129. The van der Waals surface area contributed by atoms with Crippen molar-refractivity contribution in [2.75, 3.05) is 25.9 Å². The van der Waals surface area contributed by atoms with Crippen molar-refractivity contribution in [2.24, 2.45) is 0 Å². The Morgan fingerprint density at radius 2 is 2.04 bits per heavy atom. The van der Waals surface area contributed by atoms with Crippen LogP contribution in [0.4, 0.5) is 0 Å². The Hall–Kier alpha value is -1.93. The number of hydrogen-bond donors (Lipinski definition) is 2. The van der Waals surface area contributed by atoms with E-state index in [0.717, 1.165) is 17.4 Å². The molecule has 1 heterocycles. The Labute approximate surface area is 142 Å². The van der Waals surface area contributed by atoms with Gasteiger partial charge in [0.2, 0.25) is 15.9 Å². The van der Waals surface area contributed by atoms with Crippen LogP contribution < -0.4 is 10.0 Å². The van der Waals surface area contributed by atoms with E-state index in [-0.39, 0.29) is 11.8 Å². The average Bonchev–Trinajstić information content (AvgIpc) is 2.78. The topological polar surface area (TPSA) is 95.6 Å². The van der Waals surface area contributed by atoms with E-state index in [1.165, 1.54) is 0 Å². The first kappa shape index (κ1) is 18.4. The fraction of sp³-hybridized carbons (Fsp3) is 0.500. The Balaban J connectivity index is 1.84. The van der Waals surface area contributed by atoms with Crippen LogP contribution in [0.1, 0.15) is 27.9 Å². The maximum absolute atomic E-state index is 12.2. The molecule has 0 aromatic heterocycles. The van der Waals surface area contributed by atoms with Gasteiger partial charge in [0, 0.05) is 25.2 Å². The van der Waals surface area contributed by atoms with Gasteiger partial charge in [-0.15, -0.1) is 0 Å². The summed E-state index contributed by atoms with van der Waals surface area (Å²) in [7, 11) is -3.41. The van der Waals surface area contributed by atoms with Gasteiger partial charge in [-0.1, -0.05) is 17.7 Å². The molecule has 2 N–H and O–H groups in total. The average molecular weight is 353 g/mol. The van der Waals surface area contributed by atoms with Gasteiger partial charge in [0.05, 0.1) is 6.26 Å². The minimum absolute atomic E-state index is 0.176. The third kappa shape index (κ3) is 4.78. The van der Waals surface area contributed by atoms with Crippen LogP contribution in [0.5, 0.6) is 0 Å². The molecule has 8 heteroatoms. The van der Waals surface area contributed by atoms with Crippen molar-refractivity contribution >= 4 is 21.8 Å². The number of nitrogens with one attached hydrogen (secondary N) is 2. The van der Waals surface area contributed by atoms with Crippen molar-refractivity contribution < 1.29 is 18.0 Å². The largest absolute Gasteiger partial charge is 0.350 e. The highest BCUT2D eigenvalue weighted by molar-refractivity contribution is 7.88. The highest BCUT2D eigenvalue weighted by Crippen LogP contribution is 2.12. The molecule has 1 unspecified atom stereocenters. The van der Waals surface area contributed by atoms with Gasteiger partial charge >= 0.3 is 0 Å². The Morgan fingerprint density at radius 1 is 1.33 bits per heavy atom. The predicted octanol–water partition coefficient (Wildman–Crippen LogP) is 0.183. The highest BCUT2D eigenvalue weighted by Gasteiger charge is 2.33. The Bertz CT molecular complexity index is 746. The second kappa shape index (κ2) is 7.31. The van der Waals surface area contributed by atoms with Gasteiger partial charge in [-0.05, 0) is 31.9 Å². The molecule has 0 aliphatic carbocycles. The van der Waals surface area contributed by atoms with Crippen molar-refractivity contribution in [1.29, 1.82) is 0 Å². The molecule has 1 aliphatic rings. The lowest BCUT2D eigenvalue weighted by Gasteiger charge is -2.17. The predicted molar refractivity (Wildman–Crippen MR) is 91.2 cm³/mol. The molecule has 2 amide bonds. The molecule has 0 saturated carbocycles. The number of aryl methyl sites for hydroxylation is 2. The lowest BCUT2D eigenvalue weighted by atomic mass is 10.1. The molecule has 2 rings (SSSR count). The number of sulfonamides is 1. The van der Waals surface area contributed by atoms with E-state index in [1.807, 2.05) is 26.0 Å². The molecule has 0 bridgehead atoms. The quantitative estimate of drug-likeness (QED) is 0.763. The number of amides is 2. The van der Waals surface area contributed by atoms with E-state index in [1.54, 1.807) is 11.0 Å². The summed E-state index contributed by atoms with van der Waals surface area (Å²) in [5, 5.41) is 2.80. The number of nitrogens with zero attached hydrogens (tertiary/aromatic N) is 1. The molecular weight excluding hydrogens is 330 g/mol. The van der Waals surface area contributed by atoms with E-state index >= 15 is 0 Å². The van der Waals surface area contributed by atoms with Gasteiger partial charge in [0.15, 0.2) is 0 Å². The molecule has 24 heavy (non-hydrogen) atoms. The second-order valence-electron chi connectivity index (χ2n) is 6.13. The second-order valence-corrected chi connectivity index (χ2v) is 7.91. The number of carbonyl (C=O) groups is 2. The smallest absolute Gasteiger partial charge is 0.251 e. The van der Waals surface area contributed by atoms with E-state index in [9.17, 15) is 18.0 Å². The zero-order valence-corrected chi connectivity index (χ0v) is 14.9. The summed E-state index contributed by atoms with van der Waals surface area (Å²) in [6.45, 7) is 5.01. The Kier molecular flexibility index (Phi) is 5.61. The van der Waals surface area contributed by atoms with Crippen LogP contribution in [0.15, 0.2) is 18.2 Å². The SMILES string of the molecule is Cc1ccc(C(=O)NCCN2CCC(NS(C)(=O)=O)C2=O)c(C)c1. The van der Waals surface area contributed by atoms with Crippen LogP contribution >= 0.6 is 0 Å². The van der Waals surface area contributed by atoms with Gasteiger partial charge < -0.3 is 10.2 Å². The van der Waals surface area contributed by atoms with Crippen LogP contribution in [0.2, 0.25) is 0 Å². The van der Waals surface area contributed by atoms with Crippen molar-refractivity contribution in [1.82, 2.24) is 14.9 Å². The van der Waals surface area contributed by atoms with Crippen molar-refractivity contribution in [3.8, 4) is 0 Å². The van der Waals surface area contributed by atoms with Crippen molar-refractivity contribution in [3.63, 3.8) is 0 Å². The number of hydrogen-bond acceptors (Lipinski definition) is 4. The highest BCUT2D eigenvalue weighted by atomic mass is 32.2. The number of rotatable bonds is 6. The Morgan fingerprint density at radius 3 is 2.67 bits per heavy atom. The molecule has 1 fully saturated rings. The molecule has 1 aromatic carbocycles. The molecule has 0 radical (unpaired) electrons. The zero-order chi connectivity index (χ0) is 17.9. The van der Waals surface area contributed by atoms with Gasteiger partial charge in [-0.25, -0.2) is 13.1 Å². The first-order valence-corrected chi connectivity index (χ1v) is 9.68. The lowest BCUT2D eigenvalue weighted by Crippen LogP contribution is -2.43. The summed E-state index contributed by atoms with van der Waals surface area (Å²) in [5.41, 5.74) is 2.61. The first-order chi connectivity index (χ1) is 11.2. The zero-order valence-electron chi connectivity index (χ0n) is 14.1. The summed E-state index contributed by atoms with van der Waals surface area (Å²) in [6, 6.07) is 4.91. The van der Waals surface area contributed by atoms with Gasteiger partial charge in [-0.2, -0.15) is 0 Å². The number of benzene rings is 1. The van der Waals surface area contributed by atoms with E-state index < -0.39 is 16.1 Å². The third-order valence-corrected chi connectivity index (χ3v) is 4.66. The fourth-order valence-electron chi connectivity index (χ4n) is 2.80.